The van der Waals surface area contributed by atoms with Crippen molar-refractivity contribution in [3.05, 3.63) is 59.2 Å². The number of hydrogen-bond donors (Lipinski definition) is 1. The van der Waals surface area contributed by atoms with Gasteiger partial charge in [0.2, 0.25) is 0 Å². The smallest absolute Gasteiger partial charge is 0.312 e. The first kappa shape index (κ1) is 20.6. The highest BCUT2D eigenvalue weighted by Crippen LogP contribution is 2.54. The Morgan fingerprint density at radius 1 is 1.18 bits per heavy atom. The van der Waals surface area contributed by atoms with E-state index in [1.807, 2.05) is 12.3 Å². The maximum atomic E-state index is 13.1. The fourth-order valence-corrected chi connectivity index (χ4v) is 3.68. The van der Waals surface area contributed by atoms with E-state index in [-0.39, 0.29) is 35.8 Å². The van der Waals surface area contributed by atoms with Crippen LogP contribution in [0.15, 0.2) is 36.5 Å². The molecule has 1 aromatic carbocycles. The summed E-state index contributed by atoms with van der Waals surface area (Å²) >= 11 is 0. The number of rotatable bonds is 10. The molecule has 1 heterocycles. The molecule has 1 aromatic heterocycles. The molecule has 28 heavy (non-hydrogen) atoms. The lowest BCUT2D eigenvalue weighted by Crippen LogP contribution is -2.12. The van der Waals surface area contributed by atoms with E-state index < -0.39 is 0 Å². The molecule has 1 aliphatic rings. The summed E-state index contributed by atoms with van der Waals surface area (Å²) < 4.78 is 24.6. The Morgan fingerprint density at radius 3 is 2.64 bits per heavy atom. The van der Waals surface area contributed by atoms with Crippen molar-refractivity contribution >= 4 is 5.97 Å². The molecular weight excluding hydrogens is 357 g/mol. The number of halogens is 1. The zero-order valence-corrected chi connectivity index (χ0v) is 17.0. The summed E-state index contributed by atoms with van der Waals surface area (Å²) in [6.07, 6.45) is 5.77. The van der Waals surface area contributed by atoms with Gasteiger partial charge in [-0.05, 0) is 42.2 Å². The van der Waals surface area contributed by atoms with Crippen molar-refractivity contribution in [2.45, 2.75) is 59.2 Å². The molecule has 2 atom stereocenters. The summed E-state index contributed by atoms with van der Waals surface area (Å²) in [6.45, 7) is 7.17. The molecule has 152 valence electrons. The van der Waals surface area contributed by atoms with Crippen LogP contribution >= 0.6 is 0 Å². The summed E-state index contributed by atoms with van der Waals surface area (Å²) in [5, 5.41) is 0. The molecule has 4 nitrogen and oxygen atoms in total. The third kappa shape index (κ3) is 4.82. The van der Waals surface area contributed by atoms with Crippen LogP contribution in [0.25, 0.3) is 0 Å². The molecular formula is C23H30FNO3. The topological polar surface area (TPSA) is 51.3 Å². The number of nitrogens with one attached hydrogen (secondary N) is 1. The van der Waals surface area contributed by atoms with Crippen LogP contribution in [0, 0.1) is 17.2 Å². The number of hydrogen-bond acceptors (Lipinski definition) is 3. The van der Waals surface area contributed by atoms with E-state index in [9.17, 15) is 9.18 Å². The van der Waals surface area contributed by atoms with Crippen LogP contribution in [0.5, 0.6) is 0 Å². The summed E-state index contributed by atoms with van der Waals surface area (Å²) in [5.41, 5.74) is 2.76. The van der Waals surface area contributed by atoms with Gasteiger partial charge in [0, 0.05) is 18.2 Å². The van der Waals surface area contributed by atoms with E-state index in [2.05, 4.69) is 25.8 Å². The van der Waals surface area contributed by atoms with Crippen molar-refractivity contribution in [2.75, 3.05) is 6.61 Å². The largest absolute Gasteiger partial charge is 0.459 e. The Bertz CT molecular complexity index is 781. The predicted octanol–water partition coefficient (Wildman–Crippen LogP) is 5.02. The molecule has 5 heteroatoms. The van der Waals surface area contributed by atoms with Gasteiger partial charge in [-0.2, -0.15) is 0 Å². The fraction of sp³-hybridized carbons (Fsp3) is 0.522. The minimum absolute atomic E-state index is 0.0563. The number of carbonyl (C=O) groups excluding carboxylic acids is 1. The fourth-order valence-electron chi connectivity index (χ4n) is 3.68. The van der Waals surface area contributed by atoms with Crippen molar-refractivity contribution in [2.24, 2.45) is 11.3 Å². The second-order valence-electron chi connectivity index (χ2n) is 8.19. The first-order valence-electron chi connectivity index (χ1n) is 10.1. The lowest BCUT2D eigenvalue weighted by molar-refractivity contribution is -0.148. The first-order valence-corrected chi connectivity index (χ1v) is 10.1. The Hall–Kier alpha value is -2.14. The van der Waals surface area contributed by atoms with Gasteiger partial charge in [0.05, 0.1) is 17.7 Å². The quantitative estimate of drug-likeness (QED) is 0.460. The molecule has 0 radical (unpaired) electrons. The third-order valence-electron chi connectivity index (χ3n) is 5.62. The van der Waals surface area contributed by atoms with Crippen LogP contribution in [0.1, 0.15) is 56.9 Å². The van der Waals surface area contributed by atoms with E-state index in [0.29, 0.717) is 13.0 Å². The highest BCUT2D eigenvalue weighted by Gasteiger charge is 2.64. The number of carbonyl (C=O) groups is 1. The van der Waals surface area contributed by atoms with Crippen molar-refractivity contribution in [3.63, 3.8) is 0 Å². The summed E-state index contributed by atoms with van der Waals surface area (Å²) in [4.78, 5) is 15.7. The molecule has 2 aromatic rings. The summed E-state index contributed by atoms with van der Waals surface area (Å²) in [6, 6.07) is 8.42. The van der Waals surface area contributed by atoms with Crippen LogP contribution in [-0.2, 0) is 27.3 Å². The van der Waals surface area contributed by atoms with Gasteiger partial charge in [0.1, 0.15) is 12.4 Å². The maximum absolute atomic E-state index is 13.1. The van der Waals surface area contributed by atoms with Gasteiger partial charge in [-0.1, -0.05) is 45.7 Å². The van der Waals surface area contributed by atoms with Gasteiger partial charge >= 0.3 is 5.97 Å². The Labute approximate surface area is 166 Å². The van der Waals surface area contributed by atoms with Gasteiger partial charge in [-0.25, -0.2) is 4.39 Å². The molecule has 1 fully saturated rings. The number of aromatic nitrogens is 1. The van der Waals surface area contributed by atoms with Gasteiger partial charge in [0.15, 0.2) is 0 Å². The highest BCUT2D eigenvalue weighted by molar-refractivity contribution is 5.78. The van der Waals surface area contributed by atoms with Crippen molar-refractivity contribution < 1.29 is 18.7 Å². The van der Waals surface area contributed by atoms with Gasteiger partial charge < -0.3 is 14.5 Å². The maximum Gasteiger partial charge on any atom is 0.312 e. The summed E-state index contributed by atoms with van der Waals surface area (Å²) in [5.74, 6) is -0.650. The minimum Gasteiger partial charge on any atom is -0.459 e. The first-order chi connectivity index (χ1) is 13.4. The minimum atomic E-state index is -0.245. The molecule has 3 rings (SSSR count). The van der Waals surface area contributed by atoms with Crippen molar-refractivity contribution in [1.29, 1.82) is 0 Å². The standard InChI is InChI=1S/C23H30FNO3/c1-4-5-6-13-27-21-20(23(21,2)3)22(26)28-15-19-17(11-12-25-19)14-16-7-9-18(24)10-8-16/h7-12,20-21,25H,4-6,13-15H2,1-3H3. The zero-order valence-electron chi connectivity index (χ0n) is 17.0. The second-order valence-corrected chi connectivity index (χ2v) is 8.19. The number of ether oxygens (including phenoxy) is 2. The lowest BCUT2D eigenvalue weighted by atomic mass is 10.1. The van der Waals surface area contributed by atoms with Crippen molar-refractivity contribution in [1.82, 2.24) is 4.98 Å². The number of unbranched alkanes of at least 4 members (excludes halogenated alkanes) is 2. The van der Waals surface area contributed by atoms with Crippen LogP contribution in [0.4, 0.5) is 4.39 Å². The van der Waals surface area contributed by atoms with Gasteiger partial charge in [0.25, 0.3) is 0 Å². The molecule has 1 aliphatic carbocycles. The molecule has 0 bridgehead atoms. The van der Waals surface area contributed by atoms with Gasteiger partial charge in [-0.15, -0.1) is 0 Å². The summed E-state index contributed by atoms with van der Waals surface area (Å²) in [7, 11) is 0. The molecule has 0 saturated heterocycles. The normalized spacial score (nSPS) is 20.1. The van der Waals surface area contributed by atoms with Crippen LogP contribution in [0.2, 0.25) is 0 Å². The molecule has 0 spiro atoms. The van der Waals surface area contributed by atoms with Crippen molar-refractivity contribution in [3.8, 4) is 0 Å². The molecule has 1 saturated carbocycles. The Morgan fingerprint density at radius 2 is 1.93 bits per heavy atom. The molecule has 0 aliphatic heterocycles. The van der Waals surface area contributed by atoms with E-state index in [1.165, 1.54) is 12.1 Å². The lowest BCUT2D eigenvalue weighted by Gasteiger charge is -2.07. The third-order valence-corrected chi connectivity index (χ3v) is 5.62. The number of esters is 1. The molecule has 2 unspecified atom stereocenters. The predicted molar refractivity (Wildman–Crippen MR) is 106 cm³/mol. The van der Waals surface area contributed by atoms with E-state index in [4.69, 9.17) is 9.47 Å². The van der Waals surface area contributed by atoms with E-state index in [0.717, 1.165) is 36.1 Å². The monoisotopic (exact) mass is 387 g/mol. The Balaban J connectivity index is 1.51. The van der Waals surface area contributed by atoms with Crippen LogP contribution < -0.4 is 0 Å². The van der Waals surface area contributed by atoms with E-state index >= 15 is 0 Å². The second kappa shape index (κ2) is 8.91. The number of benzene rings is 1. The van der Waals surface area contributed by atoms with E-state index in [1.54, 1.807) is 12.1 Å². The average molecular weight is 387 g/mol. The van der Waals surface area contributed by atoms with Crippen LogP contribution in [0.3, 0.4) is 0 Å². The molecule has 1 N–H and O–H groups in total. The Kier molecular flexibility index (Phi) is 6.55. The number of H-pyrrole nitrogens is 1. The highest BCUT2D eigenvalue weighted by atomic mass is 19.1. The SMILES string of the molecule is CCCCCOC1C(C(=O)OCc2[nH]ccc2Cc2ccc(F)cc2)C1(C)C. The average Bonchev–Trinajstić information content (AvgIpc) is 2.99. The zero-order chi connectivity index (χ0) is 20.1. The van der Waals surface area contributed by atoms with Gasteiger partial charge in [-0.3, -0.25) is 4.79 Å². The number of aromatic amines is 1. The molecule has 0 amide bonds. The van der Waals surface area contributed by atoms with Crippen LogP contribution in [-0.4, -0.2) is 23.7 Å².